The van der Waals surface area contributed by atoms with Gasteiger partial charge in [0.05, 0.1) is 10.5 Å². The number of amides is 1. The Morgan fingerprint density at radius 2 is 1.83 bits per heavy atom. The van der Waals surface area contributed by atoms with Crippen LogP contribution in [0, 0.1) is 10.1 Å². The SMILES string of the molecule is C[C@@H](Nc1ccc(C(F)(F)F)cc1[N+](=O)[O-])C(=O)OCC(=O)Nc1ccccc1. The van der Waals surface area contributed by atoms with E-state index in [1.165, 1.54) is 6.92 Å². The fourth-order valence-corrected chi connectivity index (χ4v) is 2.25. The second kappa shape index (κ2) is 9.04. The smallest absolute Gasteiger partial charge is 0.416 e. The fraction of sp³-hybridized carbons (Fsp3) is 0.222. The first-order valence-electron chi connectivity index (χ1n) is 8.21. The summed E-state index contributed by atoms with van der Waals surface area (Å²) in [5, 5.41) is 16.0. The standard InChI is InChI=1S/C18H16F3N3O5/c1-11(17(26)29-10-16(25)23-13-5-3-2-4-6-13)22-14-8-7-12(18(19,20)21)9-15(14)24(27)28/h2-9,11,22H,10H2,1H3,(H,23,25)/t11-/m1/s1. The lowest BCUT2D eigenvalue weighted by Gasteiger charge is -2.15. The maximum Gasteiger partial charge on any atom is 0.416 e. The lowest BCUT2D eigenvalue weighted by Crippen LogP contribution is -2.31. The predicted molar refractivity (Wildman–Crippen MR) is 97.2 cm³/mol. The van der Waals surface area contributed by atoms with Crippen LogP contribution < -0.4 is 10.6 Å². The topological polar surface area (TPSA) is 111 Å². The molecule has 29 heavy (non-hydrogen) atoms. The van der Waals surface area contributed by atoms with Gasteiger partial charge in [0, 0.05) is 11.8 Å². The van der Waals surface area contributed by atoms with E-state index >= 15 is 0 Å². The number of nitrogens with zero attached hydrogens (tertiary/aromatic N) is 1. The fourth-order valence-electron chi connectivity index (χ4n) is 2.25. The average molecular weight is 411 g/mol. The van der Waals surface area contributed by atoms with Crippen molar-refractivity contribution in [2.45, 2.75) is 19.1 Å². The number of carbonyl (C=O) groups excluding carboxylic acids is 2. The minimum absolute atomic E-state index is 0.291. The number of nitro benzene ring substituents is 1. The number of ether oxygens (including phenoxy) is 1. The normalized spacial score (nSPS) is 12.0. The Bertz CT molecular complexity index is 903. The van der Waals surface area contributed by atoms with Crippen LogP contribution in [0.5, 0.6) is 0 Å². The zero-order valence-electron chi connectivity index (χ0n) is 15.0. The van der Waals surface area contributed by atoms with Gasteiger partial charge in [-0.05, 0) is 31.2 Å². The summed E-state index contributed by atoms with van der Waals surface area (Å²) < 4.78 is 43.0. The van der Waals surface area contributed by atoms with E-state index in [9.17, 15) is 32.9 Å². The van der Waals surface area contributed by atoms with Gasteiger partial charge in [0.15, 0.2) is 6.61 Å². The molecule has 0 saturated carbocycles. The van der Waals surface area contributed by atoms with Crippen LogP contribution in [0.15, 0.2) is 48.5 Å². The Balaban J connectivity index is 1.98. The molecule has 0 spiro atoms. The van der Waals surface area contributed by atoms with Crippen LogP contribution in [0.25, 0.3) is 0 Å². The second-order valence-electron chi connectivity index (χ2n) is 5.87. The van der Waals surface area contributed by atoms with Crippen molar-refractivity contribution in [3.63, 3.8) is 0 Å². The maximum atomic E-state index is 12.7. The van der Waals surface area contributed by atoms with Crippen molar-refractivity contribution in [1.82, 2.24) is 0 Å². The van der Waals surface area contributed by atoms with E-state index in [4.69, 9.17) is 4.74 Å². The maximum absolute atomic E-state index is 12.7. The number of esters is 1. The van der Waals surface area contributed by atoms with Crippen LogP contribution in [0.1, 0.15) is 12.5 Å². The summed E-state index contributed by atoms with van der Waals surface area (Å²) in [5.41, 5.74) is -1.83. The zero-order valence-corrected chi connectivity index (χ0v) is 15.0. The van der Waals surface area contributed by atoms with E-state index < -0.39 is 46.9 Å². The zero-order chi connectivity index (χ0) is 21.6. The van der Waals surface area contributed by atoms with E-state index in [1.807, 2.05) is 0 Å². The number of anilines is 2. The van der Waals surface area contributed by atoms with Gasteiger partial charge in [0.1, 0.15) is 11.7 Å². The van der Waals surface area contributed by atoms with Crippen LogP contribution in [-0.2, 0) is 20.5 Å². The molecule has 0 saturated heterocycles. The summed E-state index contributed by atoms with van der Waals surface area (Å²) in [4.78, 5) is 33.8. The van der Waals surface area contributed by atoms with Crippen molar-refractivity contribution in [3.8, 4) is 0 Å². The van der Waals surface area contributed by atoms with Crippen LogP contribution in [0.2, 0.25) is 0 Å². The molecule has 2 rings (SSSR count). The molecule has 0 bridgehead atoms. The van der Waals surface area contributed by atoms with E-state index in [0.29, 0.717) is 17.8 Å². The molecule has 2 N–H and O–H groups in total. The molecule has 8 nitrogen and oxygen atoms in total. The molecule has 0 aliphatic rings. The Kier molecular flexibility index (Phi) is 6.75. The molecule has 1 amide bonds. The van der Waals surface area contributed by atoms with Crippen LogP contribution in [-0.4, -0.2) is 29.4 Å². The van der Waals surface area contributed by atoms with Crippen molar-refractivity contribution >= 4 is 28.9 Å². The monoisotopic (exact) mass is 411 g/mol. The molecule has 0 fully saturated rings. The van der Waals surface area contributed by atoms with Gasteiger partial charge >= 0.3 is 12.1 Å². The number of rotatable bonds is 7. The molecule has 1 atom stereocenters. The van der Waals surface area contributed by atoms with Crippen molar-refractivity contribution < 1.29 is 32.4 Å². The quantitative estimate of drug-likeness (QED) is 0.409. The number of nitrogens with one attached hydrogen (secondary N) is 2. The molecule has 2 aromatic rings. The first kappa shape index (κ1) is 21.7. The molecule has 2 aromatic carbocycles. The average Bonchev–Trinajstić information content (AvgIpc) is 2.66. The summed E-state index contributed by atoms with van der Waals surface area (Å²) in [6.07, 6.45) is -4.75. The number of benzene rings is 2. The number of halogens is 3. The Hall–Kier alpha value is -3.63. The third-order valence-corrected chi connectivity index (χ3v) is 3.65. The summed E-state index contributed by atoms with van der Waals surface area (Å²) >= 11 is 0. The molecule has 0 aromatic heterocycles. The molecule has 0 aliphatic heterocycles. The van der Waals surface area contributed by atoms with Crippen LogP contribution in [0.3, 0.4) is 0 Å². The highest BCUT2D eigenvalue weighted by atomic mass is 19.4. The van der Waals surface area contributed by atoms with Crippen molar-refractivity contribution in [3.05, 3.63) is 64.2 Å². The first-order valence-corrected chi connectivity index (χ1v) is 8.21. The molecule has 0 aliphatic carbocycles. The van der Waals surface area contributed by atoms with Crippen molar-refractivity contribution in [2.24, 2.45) is 0 Å². The second-order valence-corrected chi connectivity index (χ2v) is 5.87. The van der Waals surface area contributed by atoms with Gasteiger partial charge in [0.25, 0.3) is 11.6 Å². The highest BCUT2D eigenvalue weighted by Crippen LogP contribution is 2.35. The van der Waals surface area contributed by atoms with Gasteiger partial charge in [-0.15, -0.1) is 0 Å². The highest BCUT2D eigenvalue weighted by Gasteiger charge is 2.33. The number of alkyl halides is 3. The Morgan fingerprint density at radius 3 is 2.41 bits per heavy atom. The summed E-state index contributed by atoms with van der Waals surface area (Å²) in [6.45, 7) is 0.688. The summed E-state index contributed by atoms with van der Waals surface area (Å²) in [7, 11) is 0. The lowest BCUT2D eigenvalue weighted by atomic mass is 10.1. The van der Waals surface area contributed by atoms with Gasteiger partial charge in [-0.3, -0.25) is 14.9 Å². The Morgan fingerprint density at radius 1 is 1.17 bits per heavy atom. The number of carbonyl (C=O) groups is 2. The Labute approximate surface area is 162 Å². The molecular weight excluding hydrogens is 395 g/mol. The minimum Gasteiger partial charge on any atom is -0.454 e. The predicted octanol–water partition coefficient (Wildman–Crippen LogP) is 3.60. The van der Waals surface area contributed by atoms with Crippen molar-refractivity contribution in [2.75, 3.05) is 17.2 Å². The van der Waals surface area contributed by atoms with E-state index in [2.05, 4.69) is 10.6 Å². The lowest BCUT2D eigenvalue weighted by molar-refractivity contribution is -0.384. The summed E-state index contributed by atoms with van der Waals surface area (Å²) in [6, 6.07) is 9.14. The summed E-state index contributed by atoms with van der Waals surface area (Å²) in [5.74, 6) is -1.51. The number of hydrogen-bond donors (Lipinski definition) is 2. The third-order valence-electron chi connectivity index (χ3n) is 3.65. The minimum atomic E-state index is -4.75. The molecule has 0 radical (unpaired) electrons. The largest absolute Gasteiger partial charge is 0.454 e. The van der Waals surface area contributed by atoms with Crippen LogP contribution >= 0.6 is 0 Å². The number of hydrogen-bond acceptors (Lipinski definition) is 6. The van der Waals surface area contributed by atoms with Gasteiger partial charge in [0.2, 0.25) is 0 Å². The van der Waals surface area contributed by atoms with Gasteiger partial charge in [-0.1, -0.05) is 18.2 Å². The third kappa shape index (κ3) is 6.19. The van der Waals surface area contributed by atoms with E-state index in [1.54, 1.807) is 30.3 Å². The molecule has 0 unspecified atom stereocenters. The van der Waals surface area contributed by atoms with Gasteiger partial charge < -0.3 is 15.4 Å². The molecule has 0 heterocycles. The molecule has 11 heteroatoms. The molecular formula is C18H16F3N3O5. The number of para-hydroxylation sites is 1. The van der Waals surface area contributed by atoms with Crippen LogP contribution in [0.4, 0.5) is 30.2 Å². The van der Waals surface area contributed by atoms with Crippen molar-refractivity contribution in [1.29, 1.82) is 0 Å². The van der Waals surface area contributed by atoms with E-state index in [-0.39, 0.29) is 5.69 Å². The first-order chi connectivity index (χ1) is 13.6. The van der Waals surface area contributed by atoms with Gasteiger partial charge in [-0.25, -0.2) is 4.79 Å². The highest BCUT2D eigenvalue weighted by molar-refractivity contribution is 5.93. The van der Waals surface area contributed by atoms with E-state index in [0.717, 1.165) is 6.07 Å². The molecule has 154 valence electrons. The number of nitro groups is 1. The van der Waals surface area contributed by atoms with Gasteiger partial charge in [-0.2, -0.15) is 13.2 Å².